The van der Waals surface area contributed by atoms with E-state index in [9.17, 15) is 14.4 Å². The van der Waals surface area contributed by atoms with Crippen LogP contribution in [0.5, 0.6) is 11.5 Å². The standard InChI is InChI=1S/C27H24N2O6S/c1-5-14-34-26(32)23-16(2)28-27-29(24(23)18-10-12-20(13-11-18)35-17(3)30)25(31)22(36-27)15-19-8-6-7-9-21(19)33-4/h5-13,15,24H,1,14H2,2-4H3/b22-15+. The smallest absolute Gasteiger partial charge is 0.338 e. The maximum Gasteiger partial charge on any atom is 0.338 e. The number of methoxy groups -OCH3 is 1. The predicted octanol–water partition coefficient (Wildman–Crippen LogP) is 2.90. The van der Waals surface area contributed by atoms with Gasteiger partial charge < -0.3 is 14.2 Å². The highest BCUT2D eigenvalue weighted by Gasteiger charge is 2.33. The Bertz CT molecular complexity index is 1550. The first-order valence-electron chi connectivity index (χ1n) is 11.1. The Kier molecular flexibility index (Phi) is 7.30. The Labute approximate surface area is 211 Å². The lowest BCUT2D eigenvalue weighted by molar-refractivity contribution is -0.138. The summed E-state index contributed by atoms with van der Waals surface area (Å²) in [6, 6.07) is 13.2. The number of thiazole rings is 1. The molecular formula is C27H24N2O6S. The molecule has 1 aromatic heterocycles. The van der Waals surface area contributed by atoms with Crippen molar-refractivity contribution in [3.8, 4) is 11.5 Å². The van der Waals surface area contributed by atoms with Gasteiger partial charge in [0.15, 0.2) is 4.80 Å². The molecule has 0 radical (unpaired) electrons. The fraction of sp³-hybridized carbons (Fsp3) is 0.185. The highest BCUT2D eigenvalue weighted by atomic mass is 32.1. The van der Waals surface area contributed by atoms with Crippen molar-refractivity contribution < 1.29 is 23.8 Å². The molecule has 184 valence electrons. The van der Waals surface area contributed by atoms with Gasteiger partial charge in [0.05, 0.1) is 29.0 Å². The van der Waals surface area contributed by atoms with Crippen molar-refractivity contribution in [3.05, 3.63) is 103 Å². The number of ether oxygens (including phenoxy) is 3. The Hall–Kier alpha value is -4.24. The predicted molar refractivity (Wildman–Crippen MR) is 136 cm³/mol. The average Bonchev–Trinajstić information content (AvgIpc) is 3.16. The van der Waals surface area contributed by atoms with Gasteiger partial charge >= 0.3 is 11.9 Å². The summed E-state index contributed by atoms with van der Waals surface area (Å²) in [5.41, 5.74) is 1.77. The van der Waals surface area contributed by atoms with Crippen LogP contribution in [-0.4, -0.2) is 30.2 Å². The minimum absolute atomic E-state index is 0.0198. The first-order chi connectivity index (χ1) is 17.3. The molecule has 9 heteroatoms. The zero-order valence-electron chi connectivity index (χ0n) is 20.0. The quantitative estimate of drug-likeness (QED) is 0.279. The lowest BCUT2D eigenvalue weighted by Gasteiger charge is -2.24. The number of hydrogen-bond donors (Lipinski definition) is 0. The number of rotatable bonds is 7. The van der Waals surface area contributed by atoms with Gasteiger partial charge in [0.25, 0.3) is 5.56 Å². The fourth-order valence-electron chi connectivity index (χ4n) is 3.92. The summed E-state index contributed by atoms with van der Waals surface area (Å²) < 4.78 is 17.8. The zero-order valence-corrected chi connectivity index (χ0v) is 20.8. The zero-order chi connectivity index (χ0) is 25.8. The van der Waals surface area contributed by atoms with Crippen LogP contribution in [0.25, 0.3) is 6.08 Å². The molecule has 1 atom stereocenters. The molecule has 0 saturated heterocycles. The van der Waals surface area contributed by atoms with Crippen LogP contribution in [0.1, 0.15) is 31.0 Å². The second-order valence-corrected chi connectivity index (χ2v) is 8.88. The molecule has 2 heterocycles. The molecule has 36 heavy (non-hydrogen) atoms. The van der Waals surface area contributed by atoms with E-state index in [1.165, 1.54) is 28.9 Å². The number of nitrogens with zero attached hydrogens (tertiary/aromatic N) is 2. The van der Waals surface area contributed by atoms with Crippen LogP contribution >= 0.6 is 11.3 Å². The molecule has 8 nitrogen and oxygen atoms in total. The third-order valence-electron chi connectivity index (χ3n) is 5.46. The summed E-state index contributed by atoms with van der Waals surface area (Å²) in [7, 11) is 1.57. The number of esters is 2. The van der Waals surface area contributed by atoms with Crippen LogP contribution in [0.15, 0.2) is 82.2 Å². The molecule has 0 saturated carbocycles. The Morgan fingerprint density at radius 3 is 2.56 bits per heavy atom. The van der Waals surface area contributed by atoms with Crippen LogP contribution in [0.4, 0.5) is 0 Å². The minimum Gasteiger partial charge on any atom is -0.496 e. The van der Waals surface area contributed by atoms with Crippen LogP contribution in [0, 0.1) is 0 Å². The monoisotopic (exact) mass is 504 g/mol. The van der Waals surface area contributed by atoms with Crippen LogP contribution < -0.4 is 24.4 Å². The molecule has 0 amide bonds. The van der Waals surface area contributed by atoms with Gasteiger partial charge in [0.2, 0.25) is 0 Å². The van der Waals surface area contributed by atoms with Gasteiger partial charge in [-0.25, -0.2) is 9.79 Å². The molecule has 0 aliphatic carbocycles. The minimum atomic E-state index is -0.787. The maximum atomic E-state index is 13.7. The second-order valence-electron chi connectivity index (χ2n) is 7.87. The van der Waals surface area contributed by atoms with Gasteiger partial charge in [-0.2, -0.15) is 0 Å². The second kappa shape index (κ2) is 10.6. The summed E-state index contributed by atoms with van der Waals surface area (Å²) >= 11 is 1.22. The summed E-state index contributed by atoms with van der Waals surface area (Å²) in [4.78, 5) is 43.1. The largest absolute Gasteiger partial charge is 0.496 e. The van der Waals surface area contributed by atoms with Crippen molar-refractivity contribution in [3.63, 3.8) is 0 Å². The lowest BCUT2D eigenvalue weighted by atomic mass is 9.96. The fourth-order valence-corrected chi connectivity index (χ4v) is 4.96. The molecule has 1 aliphatic rings. The van der Waals surface area contributed by atoms with E-state index in [0.717, 1.165) is 5.56 Å². The Morgan fingerprint density at radius 1 is 1.17 bits per heavy atom. The van der Waals surface area contributed by atoms with Crippen molar-refractivity contribution >= 4 is 29.4 Å². The van der Waals surface area contributed by atoms with Crippen LogP contribution in [0.2, 0.25) is 0 Å². The number of fused-ring (bicyclic) bond motifs is 1. The van der Waals surface area contributed by atoms with E-state index in [2.05, 4.69) is 11.6 Å². The van der Waals surface area contributed by atoms with Gasteiger partial charge in [-0.05, 0) is 36.8 Å². The maximum absolute atomic E-state index is 13.7. The van der Waals surface area contributed by atoms with Crippen molar-refractivity contribution in [2.24, 2.45) is 4.99 Å². The van der Waals surface area contributed by atoms with Gasteiger partial charge in [-0.1, -0.05) is 54.3 Å². The molecule has 1 aliphatic heterocycles. The first-order valence-corrected chi connectivity index (χ1v) is 11.9. The third-order valence-corrected chi connectivity index (χ3v) is 6.44. The van der Waals surface area contributed by atoms with Gasteiger partial charge in [0, 0.05) is 12.5 Å². The van der Waals surface area contributed by atoms with E-state index in [0.29, 0.717) is 32.1 Å². The van der Waals surface area contributed by atoms with Crippen molar-refractivity contribution in [2.75, 3.05) is 13.7 Å². The van der Waals surface area contributed by atoms with Crippen molar-refractivity contribution in [1.29, 1.82) is 0 Å². The summed E-state index contributed by atoms with van der Waals surface area (Å²) in [5.74, 6) is -0.0575. The summed E-state index contributed by atoms with van der Waals surface area (Å²) in [6.07, 6.45) is 3.22. The van der Waals surface area contributed by atoms with Gasteiger partial charge in [-0.15, -0.1) is 0 Å². The molecule has 3 aromatic rings. The van der Waals surface area contributed by atoms with E-state index in [1.807, 2.05) is 24.3 Å². The van der Waals surface area contributed by atoms with Crippen molar-refractivity contribution in [1.82, 2.24) is 4.57 Å². The molecule has 0 bridgehead atoms. The molecule has 0 spiro atoms. The molecule has 4 rings (SSSR count). The number of hydrogen-bond acceptors (Lipinski definition) is 8. The van der Waals surface area contributed by atoms with E-state index >= 15 is 0 Å². The number of allylic oxidation sites excluding steroid dienone is 1. The number of para-hydroxylation sites is 1. The van der Waals surface area contributed by atoms with E-state index in [1.54, 1.807) is 44.4 Å². The highest BCUT2D eigenvalue weighted by molar-refractivity contribution is 7.07. The number of aromatic nitrogens is 1. The highest BCUT2D eigenvalue weighted by Crippen LogP contribution is 2.31. The van der Waals surface area contributed by atoms with Gasteiger partial charge in [0.1, 0.15) is 18.1 Å². The summed E-state index contributed by atoms with van der Waals surface area (Å²) in [6.45, 7) is 6.63. The topological polar surface area (TPSA) is 96.2 Å². The Morgan fingerprint density at radius 2 is 1.89 bits per heavy atom. The van der Waals surface area contributed by atoms with E-state index in [-0.39, 0.29) is 17.7 Å². The van der Waals surface area contributed by atoms with Crippen LogP contribution in [-0.2, 0) is 14.3 Å². The van der Waals surface area contributed by atoms with Crippen LogP contribution in [0.3, 0.4) is 0 Å². The van der Waals surface area contributed by atoms with E-state index in [4.69, 9.17) is 14.2 Å². The lowest BCUT2D eigenvalue weighted by Crippen LogP contribution is -2.39. The molecular weight excluding hydrogens is 480 g/mol. The normalized spacial score (nSPS) is 15.1. The third kappa shape index (κ3) is 4.92. The number of carbonyl (C=O) groups is 2. The first kappa shape index (κ1) is 24.9. The average molecular weight is 505 g/mol. The van der Waals surface area contributed by atoms with Gasteiger partial charge in [-0.3, -0.25) is 14.2 Å². The molecule has 2 aromatic carbocycles. The van der Waals surface area contributed by atoms with Crippen molar-refractivity contribution in [2.45, 2.75) is 19.9 Å². The molecule has 0 fully saturated rings. The molecule has 0 N–H and O–H groups in total. The Balaban J connectivity index is 1.91. The SMILES string of the molecule is C=CCOC(=O)C1=C(C)N=c2s/c(=C/c3ccccc3OC)c(=O)n2C1c1ccc(OC(C)=O)cc1. The number of benzene rings is 2. The summed E-state index contributed by atoms with van der Waals surface area (Å²) in [5, 5.41) is 0. The molecule has 1 unspecified atom stereocenters. The van der Waals surface area contributed by atoms with E-state index < -0.39 is 18.0 Å². The number of carbonyl (C=O) groups excluding carboxylic acids is 2.